The first-order valence-electron chi connectivity index (χ1n) is 8.00. The van der Waals surface area contributed by atoms with Crippen molar-refractivity contribution in [2.24, 2.45) is 0 Å². The second-order valence-electron chi connectivity index (χ2n) is 5.98. The normalized spacial score (nSPS) is 11.1. The van der Waals surface area contributed by atoms with Crippen LogP contribution in [0.4, 0.5) is 10.2 Å². The monoisotopic (exact) mass is 390 g/mol. The first kappa shape index (κ1) is 18.6. The molecule has 2 N–H and O–H groups in total. The van der Waals surface area contributed by atoms with Crippen molar-refractivity contribution in [1.29, 1.82) is 0 Å². The predicted molar refractivity (Wildman–Crippen MR) is 105 cm³/mol. The molecule has 0 aliphatic heterocycles. The van der Waals surface area contributed by atoms with E-state index in [0.717, 1.165) is 20.7 Å². The topological polar surface area (TPSA) is 72.1 Å². The quantitative estimate of drug-likeness (QED) is 0.530. The van der Waals surface area contributed by atoms with E-state index in [-0.39, 0.29) is 24.0 Å². The van der Waals surface area contributed by atoms with Gasteiger partial charge in [-0.25, -0.2) is 14.4 Å². The Hall–Kier alpha value is -2.19. The fraction of sp³-hybridized carbons (Fsp3) is 0.278. The van der Waals surface area contributed by atoms with Gasteiger partial charge in [-0.1, -0.05) is 30.0 Å². The molecule has 5 nitrogen and oxygen atoms in total. The van der Waals surface area contributed by atoms with Crippen LogP contribution >= 0.6 is 23.1 Å². The summed E-state index contributed by atoms with van der Waals surface area (Å²) >= 11 is 2.80. The number of aromatic nitrogens is 2. The Morgan fingerprint density at radius 1 is 1.31 bits per heavy atom. The highest BCUT2D eigenvalue weighted by Crippen LogP contribution is 2.33. The van der Waals surface area contributed by atoms with Crippen molar-refractivity contribution in [2.75, 3.05) is 18.5 Å². The van der Waals surface area contributed by atoms with E-state index in [1.807, 2.05) is 13.8 Å². The zero-order chi connectivity index (χ0) is 18.8. The maximum absolute atomic E-state index is 13.7. The molecule has 136 valence electrons. The molecule has 3 rings (SSSR count). The van der Waals surface area contributed by atoms with Gasteiger partial charge in [-0.15, -0.1) is 11.3 Å². The van der Waals surface area contributed by atoms with E-state index in [1.54, 1.807) is 36.6 Å². The average molecular weight is 391 g/mol. The Bertz CT molecular complexity index is 973. The number of hydrogen-bond acceptors (Lipinski definition) is 6. The Morgan fingerprint density at radius 3 is 2.77 bits per heavy atom. The molecule has 0 unspecified atom stereocenters. The third kappa shape index (κ3) is 3.81. The zero-order valence-electron chi connectivity index (χ0n) is 14.7. The second-order valence-corrected chi connectivity index (χ2v) is 8.13. The lowest BCUT2D eigenvalue weighted by Crippen LogP contribution is -2.28. The van der Waals surface area contributed by atoms with Crippen LogP contribution in [0.25, 0.3) is 10.2 Å². The number of benzene rings is 1. The third-order valence-electron chi connectivity index (χ3n) is 4.15. The molecule has 0 bridgehead atoms. The van der Waals surface area contributed by atoms with Crippen LogP contribution in [0, 0.1) is 19.7 Å². The summed E-state index contributed by atoms with van der Waals surface area (Å²) in [5.74, 6) is 0.162. The van der Waals surface area contributed by atoms with Gasteiger partial charge < -0.3 is 10.6 Å². The minimum atomic E-state index is -0.315. The summed E-state index contributed by atoms with van der Waals surface area (Å²) in [6.07, 6.45) is 0. The minimum Gasteiger partial charge on any atom is -0.383 e. The van der Waals surface area contributed by atoms with Crippen molar-refractivity contribution in [2.45, 2.75) is 25.5 Å². The average Bonchev–Trinajstić information content (AvgIpc) is 2.89. The maximum Gasteiger partial charge on any atom is 0.233 e. The maximum atomic E-state index is 13.7. The lowest BCUT2D eigenvalue weighted by molar-refractivity contribution is -0.127. The summed E-state index contributed by atoms with van der Waals surface area (Å²) in [4.78, 5) is 24.6. The molecule has 0 saturated carbocycles. The number of thiophene rings is 1. The Labute approximate surface area is 159 Å². The molecule has 1 amide bonds. The number of amides is 1. The van der Waals surface area contributed by atoms with E-state index < -0.39 is 0 Å². The lowest BCUT2D eigenvalue weighted by atomic mass is 10.2. The number of hydrogen-bond donors (Lipinski definition) is 1. The second kappa shape index (κ2) is 7.59. The van der Waals surface area contributed by atoms with Gasteiger partial charge in [-0.3, -0.25) is 4.79 Å². The van der Waals surface area contributed by atoms with Crippen molar-refractivity contribution in [1.82, 2.24) is 14.9 Å². The molecular formula is C18H19FN4OS2. The van der Waals surface area contributed by atoms with Crippen LogP contribution in [-0.2, 0) is 11.3 Å². The third-order valence-corrected chi connectivity index (χ3v) is 6.09. The highest BCUT2D eigenvalue weighted by atomic mass is 32.2. The summed E-state index contributed by atoms with van der Waals surface area (Å²) in [5.41, 5.74) is 7.64. The number of nitrogens with zero attached hydrogens (tertiary/aromatic N) is 3. The number of carbonyl (C=O) groups is 1. The molecule has 8 heteroatoms. The molecule has 0 aliphatic rings. The van der Waals surface area contributed by atoms with Crippen LogP contribution in [0.1, 0.15) is 16.0 Å². The van der Waals surface area contributed by atoms with Crippen LogP contribution in [0.3, 0.4) is 0 Å². The summed E-state index contributed by atoms with van der Waals surface area (Å²) in [7, 11) is 1.65. The number of nitrogens with two attached hydrogens (primary N) is 1. The molecule has 26 heavy (non-hydrogen) atoms. The van der Waals surface area contributed by atoms with Gasteiger partial charge in [0.05, 0.1) is 11.1 Å². The zero-order valence-corrected chi connectivity index (χ0v) is 16.4. The standard InChI is InChI=1S/C18H19FN4OS2/c1-10-11(2)26-17-15(10)16(20)21-18(22-17)25-9-14(24)23(3)8-12-6-4-5-7-13(12)19/h4-7H,8-9H2,1-3H3,(H2,20,21,22). The number of aryl methyl sites for hydroxylation is 2. The molecule has 2 aromatic heterocycles. The number of halogens is 1. The predicted octanol–water partition coefficient (Wildman–Crippen LogP) is 3.78. The SMILES string of the molecule is Cc1sc2nc(SCC(=O)N(C)Cc3ccccc3F)nc(N)c2c1C. The Morgan fingerprint density at radius 2 is 2.04 bits per heavy atom. The first-order valence-corrected chi connectivity index (χ1v) is 9.80. The van der Waals surface area contributed by atoms with Gasteiger partial charge in [0.1, 0.15) is 16.5 Å². The van der Waals surface area contributed by atoms with Crippen molar-refractivity contribution in [3.8, 4) is 0 Å². The highest BCUT2D eigenvalue weighted by molar-refractivity contribution is 7.99. The van der Waals surface area contributed by atoms with Crippen molar-refractivity contribution in [3.05, 3.63) is 46.1 Å². The van der Waals surface area contributed by atoms with E-state index in [0.29, 0.717) is 16.5 Å². The molecule has 0 saturated heterocycles. The molecule has 0 atom stereocenters. The van der Waals surface area contributed by atoms with Gasteiger partial charge in [0.15, 0.2) is 5.16 Å². The number of carbonyl (C=O) groups excluding carboxylic acids is 1. The molecule has 1 aromatic carbocycles. The first-order chi connectivity index (χ1) is 12.4. The summed E-state index contributed by atoms with van der Waals surface area (Å²) in [6, 6.07) is 6.44. The number of anilines is 1. The Kier molecular flexibility index (Phi) is 5.43. The summed E-state index contributed by atoms with van der Waals surface area (Å²) < 4.78 is 13.7. The smallest absolute Gasteiger partial charge is 0.233 e. The van der Waals surface area contributed by atoms with E-state index in [2.05, 4.69) is 9.97 Å². The molecule has 0 spiro atoms. The molecule has 2 heterocycles. The fourth-order valence-electron chi connectivity index (χ4n) is 2.53. The van der Waals surface area contributed by atoms with Gasteiger partial charge in [0.25, 0.3) is 0 Å². The number of rotatable bonds is 5. The summed E-state index contributed by atoms with van der Waals surface area (Å²) in [5, 5.41) is 1.36. The van der Waals surface area contributed by atoms with Crippen LogP contribution in [0.5, 0.6) is 0 Å². The van der Waals surface area contributed by atoms with Gasteiger partial charge in [0.2, 0.25) is 5.91 Å². The van der Waals surface area contributed by atoms with Crippen molar-refractivity contribution < 1.29 is 9.18 Å². The van der Waals surface area contributed by atoms with Gasteiger partial charge in [0, 0.05) is 24.0 Å². The van der Waals surface area contributed by atoms with E-state index in [9.17, 15) is 9.18 Å². The lowest BCUT2D eigenvalue weighted by Gasteiger charge is -2.17. The molecule has 0 fully saturated rings. The number of thioether (sulfide) groups is 1. The highest BCUT2D eigenvalue weighted by Gasteiger charge is 2.16. The van der Waals surface area contributed by atoms with Gasteiger partial charge in [-0.05, 0) is 25.5 Å². The molecule has 3 aromatic rings. The van der Waals surface area contributed by atoms with Crippen LogP contribution in [0.15, 0.2) is 29.4 Å². The van der Waals surface area contributed by atoms with Gasteiger partial charge >= 0.3 is 0 Å². The summed E-state index contributed by atoms with van der Waals surface area (Å²) in [6.45, 7) is 4.24. The van der Waals surface area contributed by atoms with E-state index in [4.69, 9.17) is 5.73 Å². The molecule has 0 aliphatic carbocycles. The number of nitrogen functional groups attached to an aromatic ring is 1. The molecular weight excluding hydrogens is 371 g/mol. The van der Waals surface area contributed by atoms with Crippen LogP contribution in [0.2, 0.25) is 0 Å². The fourth-order valence-corrected chi connectivity index (χ4v) is 4.42. The minimum absolute atomic E-state index is 0.126. The van der Waals surface area contributed by atoms with Gasteiger partial charge in [-0.2, -0.15) is 0 Å². The Balaban J connectivity index is 1.67. The van der Waals surface area contributed by atoms with Crippen molar-refractivity contribution >= 4 is 45.0 Å². The largest absolute Gasteiger partial charge is 0.383 e. The van der Waals surface area contributed by atoms with E-state index in [1.165, 1.54) is 22.7 Å². The molecule has 0 radical (unpaired) electrons. The van der Waals surface area contributed by atoms with E-state index >= 15 is 0 Å². The number of fused-ring (bicyclic) bond motifs is 1. The van der Waals surface area contributed by atoms with Crippen molar-refractivity contribution in [3.63, 3.8) is 0 Å². The van der Waals surface area contributed by atoms with Crippen LogP contribution < -0.4 is 5.73 Å². The van der Waals surface area contributed by atoms with Crippen LogP contribution in [-0.4, -0.2) is 33.6 Å².